The van der Waals surface area contributed by atoms with Crippen LogP contribution in [0.3, 0.4) is 0 Å². The number of alkyl halides is 1. The van der Waals surface area contributed by atoms with Crippen LogP contribution in [0.1, 0.15) is 35.7 Å². The summed E-state index contributed by atoms with van der Waals surface area (Å²) < 4.78 is 0. The van der Waals surface area contributed by atoms with Crippen LogP contribution in [0, 0.1) is 0 Å². The molecule has 0 bridgehead atoms. The van der Waals surface area contributed by atoms with Crippen molar-refractivity contribution in [3.8, 4) is 0 Å². The molecule has 0 N–H and O–H groups in total. The fourth-order valence-electron chi connectivity index (χ4n) is 1.27. The molecular formula is C13H15ClO. The van der Waals surface area contributed by atoms with E-state index in [9.17, 15) is 4.79 Å². The Balaban J connectivity index is 2.68. The topological polar surface area (TPSA) is 17.1 Å². The molecule has 0 saturated carbocycles. The Hall–Kier alpha value is -1.08. The Morgan fingerprint density at radius 3 is 2.53 bits per heavy atom. The van der Waals surface area contributed by atoms with Crippen molar-refractivity contribution in [2.45, 2.75) is 19.8 Å². The zero-order chi connectivity index (χ0) is 11.1. The Morgan fingerprint density at radius 1 is 1.33 bits per heavy atom. The number of rotatable bonds is 5. The van der Waals surface area contributed by atoms with Gasteiger partial charge in [0.1, 0.15) is 0 Å². The number of Topliss-reactive ketones (excluding diaryl/α,β-unsaturated/α-hetero) is 1. The Labute approximate surface area is 95.8 Å². The summed E-state index contributed by atoms with van der Waals surface area (Å²) in [5, 5.41) is 0. The zero-order valence-corrected chi connectivity index (χ0v) is 9.63. The highest BCUT2D eigenvalue weighted by Crippen LogP contribution is 2.08. The van der Waals surface area contributed by atoms with Gasteiger partial charge in [-0.15, -0.1) is 11.6 Å². The molecule has 0 aliphatic heterocycles. The van der Waals surface area contributed by atoms with Crippen LogP contribution in [0.5, 0.6) is 0 Å². The fourth-order valence-corrected chi connectivity index (χ4v) is 1.39. The van der Waals surface area contributed by atoms with Gasteiger partial charge < -0.3 is 0 Å². The lowest BCUT2D eigenvalue weighted by molar-refractivity contribution is 0.0988. The van der Waals surface area contributed by atoms with Crippen LogP contribution >= 0.6 is 11.6 Å². The van der Waals surface area contributed by atoms with E-state index in [4.69, 9.17) is 11.6 Å². The van der Waals surface area contributed by atoms with Gasteiger partial charge in [-0.3, -0.25) is 4.79 Å². The van der Waals surface area contributed by atoms with Gasteiger partial charge in [-0.2, -0.15) is 0 Å². The largest absolute Gasteiger partial charge is 0.294 e. The highest BCUT2D eigenvalue weighted by Gasteiger charge is 2.00. The van der Waals surface area contributed by atoms with Crippen LogP contribution in [0.25, 0.3) is 6.08 Å². The molecule has 1 rings (SSSR count). The molecule has 1 nitrogen and oxygen atoms in total. The molecule has 0 heterocycles. The molecule has 0 spiro atoms. The molecule has 0 aliphatic rings. The first-order valence-electron chi connectivity index (χ1n) is 5.13. The molecule has 15 heavy (non-hydrogen) atoms. The van der Waals surface area contributed by atoms with Gasteiger partial charge in [0.25, 0.3) is 0 Å². The van der Waals surface area contributed by atoms with Crippen molar-refractivity contribution >= 4 is 23.5 Å². The van der Waals surface area contributed by atoms with E-state index in [-0.39, 0.29) is 5.78 Å². The normalized spacial score (nSPS) is 10.8. The fraction of sp³-hybridized carbons (Fsp3) is 0.308. The Morgan fingerprint density at radius 2 is 2.00 bits per heavy atom. The second-order valence-electron chi connectivity index (χ2n) is 3.28. The summed E-state index contributed by atoms with van der Waals surface area (Å²) in [5.74, 6) is 0.828. The molecular weight excluding hydrogens is 208 g/mol. The van der Waals surface area contributed by atoms with E-state index in [0.29, 0.717) is 12.3 Å². The maximum atomic E-state index is 11.3. The van der Waals surface area contributed by atoms with E-state index in [2.05, 4.69) is 0 Å². The number of allylic oxidation sites excluding steroid dienone is 1. The van der Waals surface area contributed by atoms with E-state index in [1.54, 1.807) is 0 Å². The van der Waals surface area contributed by atoms with Crippen LogP contribution in [-0.4, -0.2) is 11.7 Å². The minimum atomic E-state index is 0.186. The SMILES string of the molecule is CCC(=O)c1ccc(C=CCCCl)cc1. The van der Waals surface area contributed by atoms with Gasteiger partial charge >= 0.3 is 0 Å². The number of hydrogen-bond acceptors (Lipinski definition) is 1. The summed E-state index contributed by atoms with van der Waals surface area (Å²) in [6, 6.07) is 7.64. The first kappa shape index (κ1) is 12.0. The van der Waals surface area contributed by atoms with Gasteiger partial charge in [-0.05, 0) is 12.0 Å². The molecule has 0 amide bonds. The third-order valence-electron chi connectivity index (χ3n) is 2.14. The summed E-state index contributed by atoms with van der Waals surface area (Å²) in [5.41, 5.74) is 1.89. The van der Waals surface area contributed by atoms with Crippen LogP contribution in [0.15, 0.2) is 30.3 Å². The quantitative estimate of drug-likeness (QED) is 0.545. The number of carbonyl (C=O) groups is 1. The van der Waals surface area contributed by atoms with Gasteiger partial charge in [-0.1, -0.05) is 43.3 Å². The molecule has 0 atom stereocenters. The van der Waals surface area contributed by atoms with Gasteiger partial charge in [0, 0.05) is 17.9 Å². The zero-order valence-electron chi connectivity index (χ0n) is 8.87. The summed E-state index contributed by atoms with van der Waals surface area (Å²) >= 11 is 5.56. The lowest BCUT2D eigenvalue weighted by Gasteiger charge is -1.98. The van der Waals surface area contributed by atoms with Gasteiger partial charge in [0.2, 0.25) is 0 Å². The van der Waals surface area contributed by atoms with Crippen molar-refractivity contribution < 1.29 is 4.79 Å². The maximum absolute atomic E-state index is 11.3. The van der Waals surface area contributed by atoms with Crippen molar-refractivity contribution in [3.05, 3.63) is 41.5 Å². The van der Waals surface area contributed by atoms with E-state index in [1.807, 2.05) is 43.3 Å². The second-order valence-corrected chi connectivity index (χ2v) is 3.66. The summed E-state index contributed by atoms with van der Waals surface area (Å²) in [6.45, 7) is 1.87. The number of halogens is 1. The minimum Gasteiger partial charge on any atom is -0.294 e. The monoisotopic (exact) mass is 222 g/mol. The molecule has 1 aromatic rings. The Kier molecular flexibility index (Phi) is 5.13. The summed E-state index contributed by atoms with van der Waals surface area (Å²) in [6.07, 6.45) is 5.48. The van der Waals surface area contributed by atoms with Gasteiger partial charge in [0.15, 0.2) is 5.78 Å². The standard InChI is InChI=1S/C13H15ClO/c1-2-13(15)12-8-6-11(7-9-12)5-3-4-10-14/h3,5-9H,2,4,10H2,1H3. The van der Waals surface area contributed by atoms with E-state index >= 15 is 0 Å². The van der Waals surface area contributed by atoms with Crippen molar-refractivity contribution in [2.24, 2.45) is 0 Å². The second kappa shape index (κ2) is 6.41. The predicted molar refractivity (Wildman–Crippen MR) is 65.4 cm³/mol. The molecule has 0 fully saturated rings. The van der Waals surface area contributed by atoms with Crippen molar-refractivity contribution in [2.75, 3.05) is 5.88 Å². The van der Waals surface area contributed by atoms with Gasteiger partial charge in [0.05, 0.1) is 0 Å². The van der Waals surface area contributed by atoms with Crippen LogP contribution in [0.2, 0.25) is 0 Å². The molecule has 0 unspecified atom stereocenters. The van der Waals surface area contributed by atoms with E-state index < -0.39 is 0 Å². The van der Waals surface area contributed by atoms with Gasteiger partial charge in [-0.25, -0.2) is 0 Å². The first-order chi connectivity index (χ1) is 7.27. The van der Waals surface area contributed by atoms with Crippen LogP contribution in [-0.2, 0) is 0 Å². The number of carbonyl (C=O) groups excluding carboxylic acids is 1. The third-order valence-corrected chi connectivity index (χ3v) is 2.36. The maximum Gasteiger partial charge on any atom is 0.162 e. The smallest absolute Gasteiger partial charge is 0.162 e. The van der Waals surface area contributed by atoms with Crippen molar-refractivity contribution in [1.29, 1.82) is 0 Å². The van der Waals surface area contributed by atoms with Crippen LogP contribution in [0.4, 0.5) is 0 Å². The molecule has 0 aliphatic carbocycles. The average Bonchev–Trinajstić information content (AvgIpc) is 2.29. The highest BCUT2D eigenvalue weighted by atomic mass is 35.5. The average molecular weight is 223 g/mol. The van der Waals surface area contributed by atoms with E-state index in [1.165, 1.54) is 0 Å². The Bertz CT molecular complexity index is 338. The lowest BCUT2D eigenvalue weighted by Crippen LogP contribution is -1.95. The van der Waals surface area contributed by atoms with Crippen molar-refractivity contribution in [1.82, 2.24) is 0 Å². The third kappa shape index (κ3) is 3.88. The molecule has 2 heteroatoms. The first-order valence-corrected chi connectivity index (χ1v) is 5.67. The van der Waals surface area contributed by atoms with Crippen molar-refractivity contribution in [3.63, 3.8) is 0 Å². The molecule has 1 aromatic carbocycles. The molecule has 0 aromatic heterocycles. The lowest BCUT2D eigenvalue weighted by atomic mass is 10.1. The number of ketones is 1. The highest BCUT2D eigenvalue weighted by molar-refractivity contribution is 6.17. The minimum absolute atomic E-state index is 0.186. The predicted octanol–water partition coefficient (Wildman–Crippen LogP) is 3.92. The summed E-state index contributed by atoms with van der Waals surface area (Å²) in [4.78, 5) is 11.3. The van der Waals surface area contributed by atoms with Crippen LogP contribution < -0.4 is 0 Å². The number of benzene rings is 1. The van der Waals surface area contributed by atoms with E-state index in [0.717, 1.165) is 17.5 Å². The summed E-state index contributed by atoms with van der Waals surface area (Å²) in [7, 11) is 0. The number of hydrogen-bond donors (Lipinski definition) is 0. The molecule has 0 saturated heterocycles. The molecule has 80 valence electrons. The molecule has 0 radical (unpaired) electrons.